The quantitative estimate of drug-likeness (QED) is 0.461. The number of ether oxygens (including phenoxy) is 1. The van der Waals surface area contributed by atoms with Crippen LogP contribution in [0.15, 0.2) is 71.6 Å². The largest absolute Gasteiger partial charge is 0.449 e. The van der Waals surface area contributed by atoms with Crippen molar-refractivity contribution in [1.29, 1.82) is 0 Å². The lowest BCUT2D eigenvalue weighted by atomic mass is 10.2. The summed E-state index contributed by atoms with van der Waals surface area (Å²) in [4.78, 5) is 28.5. The van der Waals surface area contributed by atoms with Crippen LogP contribution in [0, 0.1) is 0 Å². The zero-order chi connectivity index (χ0) is 21.7. The average Bonchev–Trinajstić information content (AvgIpc) is 2.71. The van der Waals surface area contributed by atoms with Crippen molar-refractivity contribution in [2.45, 2.75) is 17.9 Å². The number of hydrogen-bond acceptors (Lipinski definition) is 6. The highest BCUT2D eigenvalue weighted by Crippen LogP contribution is 2.14. The van der Waals surface area contributed by atoms with Crippen LogP contribution in [0.5, 0.6) is 0 Å². The van der Waals surface area contributed by atoms with Gasteiger partial charge in [-0.1, -0.05) is 24.3 Å². The molecule has 0 spiro atoms. The van der Waals surface area contributed by atoms with Crippen LogP contribution in [0.2, 0.25) is 0 Å². The van der Waals surface area contributed by atoms with Gasteiger partial charge in [0.25, 0.3) is 5.91 Å². The molecule has 0 aliphatic heterocycles. The van der Waals surface area contributed by atoms with E-state index < -0.39 is 28.0 Å². The van der Waals surface area contributed by atoms with E-state index in [1.54, 1.807) is 6.07 Å². The van der Waals surface area contributed by atoms with Crippen molar-refractivity contribution in [3.8, 4) is 0 Å². The summed E-state index contributed by atoms with van der Waals surface area (Å²) in [5, 5.41) is 8.54. The van der Waals surface area contributed by atoms with Crippen molar-refractivity contribution >= 4 is 44.6 Å². The first kappa shape index (κ1) is 21.2. The Hall–Kier alpha value is -3.56. The third-order valence-electron chi connectivity index (χ3n) is 4.12. The van der Waals surface area contributed by atoms with E-state index in [9.17, 15) is 18.0 Å². The van der Waals surface area contributed by atoms with Gasteiger partial charge in [0.1, 0.15) is 0 Å². The molecule has 0 bridgehead atoms. The topological polar surface area (TPSA) is 128 Å². The van der Waals surface area contributed by atoms with Gasteiger partial charge in [-0.25, -0.2) is 23.3 Å². The minimum absolute atomic E-state index is 0.0765. The number of primary sulfonamides is 1. The highest BCUT2D eigenvalue weighted by Gasteiger charge is 2.17. The Kier molecular flexibility index (Phi) is 6.24. The molecule has 2 aromatic carbocycles. The van der Waals surface area contributed by atoms with Crippen LogP contribution in [-0.4, -0.2) is 31.4 Å². The van der Waals surface area contributed by atoms with Gasteiger partial charge in [0.2, 0.25) is 10.0 Å². The molecule has 1 amide bonds. The molecule has 0 fully saturated rings. The first-order valence-corrected chi connectivity index (χ1v) is 10.5. The minimum atomic E-state index is -3.82. The van der Waals surface area contributed by atoms with Crippen LogP contribution < -0.4 is 10.5 Å². The Morgan fingerprint density at radius 1 is 1.07 bits per heavy atom. The van der Waals surface area contributed by atoms with Crippen molar-refractivity contribution < 1.29 is 22.7 Å². The summed E-state index contributed by atoms with van der Waals surface area (Å²) in [6, 6.07) is 16.6. The first-order valence-electron chi connectivity index (χ1n) is 8.90. The maximum absolute atomic E-state index is 12.2. The highest BCUT2D eigenvalue weighted by atomic mass is 32.2. The van der Waals surface area contributed by atoms with Crippen LogP contribution >= 0.6 is 0 Å². The van der Waals surface area contributed by atoms with Gasteiger partial charge in [0, 0.05) is 17.1 Å². The molecule has 30 heavy (non-hydrogen) atoms. The van der Waals surface area contributed by atoms with Crippen LogP contribution in [0.4, 0.5) is 5.69 Å². The van der Waals surface area contributed by atoms with Gasteiger partial charge in [-0.05, 0) is 49.4 Å². The van der Waals surface area contributed by atoms with E-state index in [1.807, 2.05) is 30.3 Å². The minimum Gasteiger partial charge on any atom is -0.449 e. The smallest absolute Gasteiger partial charge is 0.331 e. The van der Waals surface area contributed by atoms with E-state index in [0.29, 0.717) is 11.4 Å². The summed E-state index contributed by atoms with van der Waals surface area (Å²) in [6.45, 7) is 1.42. The van der Waals surface area contributed by atoms with E-state index in [2.05, 4.69) is 10.3 Å². The number of aromatic nitrogens is 1. The molecule has 0 radical (unpaired) electrons. The molecule has 0 unspecified atom stereocenters. The average molecular weight is 425 g/mol. The molecule has 1 heterocycles. The Balaban J connectivity index is 1.57. The van der Waals surface area contributed by atoms with Crippen molar-refractivity contribution in [2.24, 2.45) is 5.14 Å². The van der Waals surface area contributed by atoms with Gasteiger partial charge < -0.3 is 10.1 Å². The van der Waals surface area contributed by atoms with Crippen molar-refractivity contribution in [1.82, 2.24) is 4.98 Å². The zero-order valence-electron chi connectivity index (χ0n) is 16.0. The second-order valence-electron chi connectivity index (χ2n) is 6.40. The maximum atomic E-state index is 12.2. The third-order valence-corrected chi connectivity index (χ3v) is 5.05. The van der Waals surface area contributed by atoms with Gasteiger partial charge in [-0.3, -0.25) is 4.79 Å². The molecular formula is C21H19N3O5S. The fourth-order valence-electron chi connectivity index (χ4n) is 2.57. The van der Waals surface area contributed by atoms with Crippen molar-refractivity contribution in [3.63, 3.8) is 0 Å². The molecule has 0 aliphatic carbocycles. The number of rotatable bonds is 6. The van der Waals surface area contributed by atoms with Crippen molar-refractivity contribution in [3.05, 3.63) is 72.4 Å². The number of esters is 1. The number of fused-ring (bicyclic) bond motifs is 1. The molecule has 154 valence electrons. The normalized spacial score (nSPS) is 12.6. The van der Waals surface area contributed by atoms with Crippen LogP contribution in [0.25, 0.3) is 17.0 Å². The SMILES string of the molecule is C[C@H](OC(=O)/C=C/c1ccc2ccccc2n1)C(=O)Nc1ccc(S(N)(=O)=O)cc1. The number of sulfonamides is 1. The maximum Gasteiger partial charge on any atom is 0.331 e. The van der Waals surface area contributed by atoms with E-state index in [0.717, 1.165) is 10.9 Å². The van der Waals surface area contributed by atoms with E-state index in [4.69, 9.17) is 9.88 Å². The highest BCUT2D eigenvalue weighted by molar-refractivity contribution is 7.89. The van der Waals surface area contributed by atoms with Gasteiger partial charge in [0.15, 0.2) is 6.10 Å². The number of nitrogens with two attached hydrogens (primary N) is 1. The Labute approximate surface area is 173 Å². The van der Waals surface area contributed by atoms with Crippen LogP contribution in [0.3, 0.4) is 0 Å². The number of nitrogens with zero attached hydrogens (tertiary/aromatic N) is 1. The number of pyridine rings is 1. The predicted octanol–water partition coefficient (Wildman–Crippen LogP) is 2.47. The van der Waals surface area contributed by atoms with Gasteiger partial charge in [0.05, 0.1) is 16.1 Å². The van der Waals surface area contributed by atoms with Gasteiger partial charge in [-0.2, -0.15) is 0 Å². The summed E-state index contributed by atoms with van der Waals surface area (Å²) in [6.07, 6.45) is 1.64. The van der Waals surface area contributed by atoms with E-state index in [-0.39, 0.29) is 4.90 Å². The Bertz CT molecular complexity index is 1220. The predicted molar refractivity (Wildman–Crippen MR) is 113 cm³/mol. The summed E-state index contributed by atoms with van der Waals surface area (Å²) in [7, 11) is -3.82. The van der Waals surface area contributed by atoms with E-state index in [1.165, 1.54) is 43.3 Å². The second-order valence-corrected chi connectivity index (χ2v) is 7.96. The number of para-hydroxylation sites is 1. The van der Waals surface area contributed by atoms with Crippen LogP contribution in [-0.2, 0) is 24.3 Å². The molecule has 0 aliphatic rings. The molecule has 3 rings (SSSR count). The molecule has 1 aromatic heterocycles. The molecule has 1 atom stereocenters. The molecule has 0 saturated carbocycles. The number of anilines is 1. The van der Waals surface area contributed by atoms with Gasteiger partial charge >= 0.3 is 5.97 Å². The second kappa shape index (κ2) is 8.85. The van der Waals surface area contributed by atoms with Crippen molar-refractivity contribution in [2.75, 3.05) is 5.32 Å². The first-order chi connectivity index (χ1) is 14.2. The number of hydrogen-bond donors (Lipinski definition) is 2. The summed E-state index contributed by atoms with van der Waals surface area (Å²) in [5.74, 6) is -1.26. The molecule has 9 heteroatoms. The Morgan fingerprint density at radius 2 is 1.77 bits per heavy atom. The lowest BCUT2D eigenvalue weighted by molar-refractivity contribution is -0.148. The zero-order valence-corrected chi connectivity index (χ0v) is 16.8. The molecular weight excluding hydrogens is 406 g/mol. The fourth-order valence-corrected chi connectivity index (χ4v) is 3.08. The standard InChI is InChI=1S/C21H19N3O5S/c1-14(21(26)24-17-8-11-18(12-9-17)30(22,27)28)29-20(25)13-10-16-7-6-15-4-2-3-5-19(15)23-16/h2-14H,1H3,(H,24,26)(H2,22,27,28)/b13-10+/t14-/m0/s1. The summed E-state index contributed by atoms with van der Waals surface area (Å²) >= 11 is 0. The molecule has 3 aromatic rings. The summed E-state index contributed by atoms with van der Waals surface area (Å²) in [5.41, 5.74) is 1.72. The molecule has 8 nitrogen and oxygen atoms in total. The lowest BCUT2D eigenvalue weighted by Crippen LogP contribution is -2.29. The number of carbonyl (C=O) groups is 2. The Morgan fingerprint density at radius 3 is 2.47 bits per heavy atom. The lowest BCUT2D eigenvalue weighted by Gasteiger charge is -2.12. The van der Waals surface area contributed by atoms with E-state index >= 15 is 0 Å². The number of carbonyl (C=O) groups excluding carboxylic acids is 2. The molecule has 3 N–H and O–H groups in total. The fraction of sp³-hybridized carbons (Fsp3) is 0.0952. The number of amides is 1. The number of nitrogens with one attached hydrogen (secondary N) is 1. The van der Waals surface area contributed by atoms with Crippen LogP contribution in [0.1, 0.15) is 12.6 Å². The molecule has 0 saturated heterocycles. The third kappa shape index (κ3) is 5.49. The van der Waals surface area contributed by atoms with Gasteiger partial charge in [-0.15, -0.1) is 0 Å². The number of benzene rings is 2. The monoisotopic (exact) mass is 425 g/mol. The summed E-state index contributed by atoms with van der Waals surface area (Å²) < 4.78 is 27.6.